The summed E-state index contributed by atoms with van der Waals surface area (Å²) in [6, 6.07) is 8.48. The van der Waals surface area contributed by atoms with E-state index in [-0.39, 0.29) is 12.6 Å². The van der Waals surface area contributed by atoms with Crippen molar-refractivity contribution in [1.82, 2.24) is 0 Å². The van der Waals surface area contributed by atoms with E-state index in [0.717, 1.165) is 11.8 Å². The van der Waals surface area contributed by atoms with E-state index in [1.165, 1.54) is 12.1 Å². The number of aliphatic hydroxyl groups excluding tert-OH is 1. The van der Waals surface area contributed by atoms with Crippen LogP contribution in [0.5, 0.6) is 5.75 Å². The van der Waals surface area contributed by atoms with Gasteiger partial charge in [-0.1, -0.05) is 6.07 Å². The van der Waals surface area contributed by atoms with Crippen molar-refractivity contribution in [2.45, 2.75) is 26.5 Å². The van der Waals surface area contributed by atoms with Gasteiger partial charge in [-0.25, -0.2) is 8.78 Å². The zero-order valence-electron chi connectivity index (χ0n) is 12.6. The van der Waals surface area contributed by atoms with Crippen molar-refractivity contribution in [1.29, 1.82) is 0 Å². The smallest absolute Gasteiger partial charge is 0.131 e. The molecule has 0 unspecified atom stereocenters. The van der Waals surface area contributed by atoms with Gasteiger partial charge in [0.15, 0.2) is 0 Å². The average molecular weight is 307 g/mol. The van der Waals surface area contributed by atoms with Crippen molar-refractivity contribution in [3.8, 4) is 5.75 Å². The van der Waals surface area contributed by atoms with Crippen LogP contribution in [0.3, 0.4) is 0 Å². The minimum atomic E-state index is -0.600. The molecule has 2 aromatic carbocycles. The van der Waals surface area contributed by atoms with Crippen LogP contribution in [0, 0.1) is 11.6 Å². The highest BCUT2D eigenvalue weighted by Gasteiger charge is 2.12. The lowest BCUT2D eigenvalue weighted by atomic mass is 10.1. The summed E-state index contributed by atoms with van der Waals surface area (Å²) in [5.74, 6) is -0.568. The maximum absolute atomic E-state index is 13.8. The van der Waals surface area contributed by atoms with E-state index in [9.17, 15) is 13.9 Å². The third-order valence-corrected chi connectivity index (χ3v) is 3.34. The van der Waals surface area contributed by atoms with Crippen molar-refractivity contribution in [2.75, 3.05) is 11.9 Å². The van der Waals surface area contributed by atoms with Gasteiger partial charge < -0.3 is 15.2 Å². The van der Waals surface area contributed by atoms with Gasteiger partial charge in [-0.05, 0) is 38.1 Å². The first-order valence-corrected chi connectivity index (χ1v) is 7.13. The van der Waals surface area contributed by atoms with Crippen LogP contribution in [-0.2, 0) is 6.61 Å². The first-order chi connectivity index (χ1) is 10.5. The van der Waals surface area contributed by atoms with Crippen LogP contribution in [-0.4, -0.2) is 11.7 Å². The minimum absolute atomic E-state index is 0.149. The number of benzene rings is 2. The molecule has 1 atom stereocenters. The molecule has 0 spiro atoms. The first kappa shape index (κ1) is 16.2. The number of halogens is 2. The van der Waals surface area contributed by atoms with Gasteiger partial charge in [-0.15, -0.1) is 0 Å². The Morgan fingerprint density at radius 1 is 1.18 bits per heavy atom. The summed E-state index contributed by atoms with van der Waals surface area (Å²) in [5, 5.41) is 12.5. The van der Waals surface area contributed by atoms with Gasteiger partial charge in [-0.2, -0.15) is 0 Å². The Morgan fingerprint density at radius 3 is 2.59 bits per heavy atom. The highest BCUT2D eigenvalue weighted by atomic mass is 19.1. The molecule has 5 heteroatoms. The Balaban J connectivity index is 2.19. The monoisotopic (exact) mass is 307 g/mol. The van der Waals surface area contributed by atoms with Gasteiger partial charge in [0.25, 0.3) is 0 Å². The molecule has 0 aromatic heterocycles. The van der Waals surface area contributed by atoms with Crippen molar-refractivity contribution in [2.24, 2.45) is 0 Å². The number of rotatable bonds is 6. The topological polar surface area (TPSA) is 41.5 Å². The minimum Gasteiger partial charge on any atom is -0.494 e. The Morgan fingerprint density at radius 2 is 1.95 bits per heavy atom. The van der Waals surface area contributed by atoms with Gasteiger partial charge in [-0.3, -0.25) is 0 Å². The number of aliphatic hydroxyl groups is 1. The van der Waals surface area contributed by atoms with E-state index in [4.69, 9.17) is 4.74 Å². The van der Waals surface area contributed by atoms with Crippen LogP contribution in [0.25, 0.3) is 0 Å². The molecule has 2 N–H and O–H groups in total. The molecule has 0 amide bonds. The highest BCUT2D eigenvalue weighted by Crippen LogP contribution is 2.27. The molecule has 0 radical (unpaired) electrons. The van der Waals surface area contributed by atoms with E-state index in [2.05, 4.69) is 5.32 Å². The molecule has 0 bridgehead atoms. The molecule has 0 aliphatic heterocycles. The second-order valence-corrected chi connectivity index (χ2v) is 4.95. The van der Waals surface area contributed by atoms with E-state index in [1.807, 2.05) is 6.92 Å². The maximum Gasteiger partial charge on any atom is 0.131 e. The van der Waals surface area contributed by atoms with Crippen molar-refractivity contribution in [3.63, 3.8) is 0 Å². The number of ether oxygens (including phenoxy) is 1. The third-order valence-electron chi connectivity index (χ3n) is 3.34. The summed E-state index contributed by atoms with van der Waals surface area (Å²) in [6.45, 7) is 4.01. The largest absolute Gasteiger partial charge is 0.494 e. The van der Waals surface area contributed by atoms with Crippen LogP contribution in [0.1, 0.15) is 31.0 Å². The molecule has 22 heavy (non-hydrogen) atoms. The molecular weight excluding hydrogens is 288 g/mol. The normalized spacial score (nSPS) is 12.0. The Kier molecular flexibility index (Phi) is 5.33. The van der Waals surface area contributed by atoms with E-state index in [0.29, 0.717) is 23.5 Å². The predicted octanol–water partition coefficient (Wildman–Crippen LogP) is 4.03. The average Bonchev–Trinajstić information content (AvgIpc) is 2.48. The lowest BCUT2D eigenvalue weighted by Gasteiger charge is -2.18. The molecule has 0 fully saturated rings. The quantitative estimate of drug-likeness (QED) is 0.846. The standard InChI is InChI=1S/C17H19F2NO2/c1-3-22-17-7-5-14(8-12(17)10-21)20-11(2)15-6-4-13(18)9-16(15)19/h4-9,11,20-21H,3,10H2,1-2H3/t11-/m0/s1. The molecule has 3 nitrogen and oxygen atoms in total. The predicted molar refractivity (Wildman–Crippen MR) is 81.9 cm³/mol. The molecule has 2 rings (SSSR count). The van der Waals surface area contributed by atoms with Gasteiger partial charge in [0.2, 0.25) is 0 Å². The second-order valence-electron chi connectivity index (χ2n) is 4.95. The summed E-state index contributed by atoms with van der Waals surface area (Å²) in [4.78, 5) is 0. The number of nitrogens with one attached hydrogen (secondary N) is 1. The van der Waals surface area contributed by atoms with Crippen LogP contribution in [0.2, 0.25) is 0 Å². The van der Waals surface area contributed by atoms with Gasteiger partial charge in [0.1, 0.15) is 17.4 Å². The number of anilines is 1. The summed E-state index contributed by atoms with van der Waals surface area (Å²) < 4.78 is 32.1. The third kappa shape index (κ3) is 3.74. The molecule has 2 aromatic rings. The molecule has 0 heterocycles. The van der Waals surface area contributed by atoms with Crippen molar-refractivity contribution < 1.29 is 18.6 Å². The van der Waals surface area contributed by atoms with Crippen molar-refractivity contribution >= 4 is 5.69 Å². The molecular formula is C17H19F2NO2. The summed E-state index contributed by atoms with van der Waals surface area (Å²) in [7, 11) is 0. The Bertz CT molecular complexity index is 647. The molecule has 0 aliphatic carbocycles. The summed E-state index contributed by atoms with van der Waals surface area (Å²) >= 11 is 0. The Labute approximate surface area is 128 Å². The fourth-order valence-corrected chi connectivity index (χ4v) is 2.27. The molecule has 0 aliphatic rings. The lowest BCUT2D eigenvalue weighted by molar-refractivity contribution is 0.267. The van der Waals surface area contributed by atoms with Crippen LogP contribution in [0.4, 0.5) is 14.5 Å². The highest BCUT2D eigenvalue weighted by molar-refractivity contribution is 5.52. The second kappa shape index (κ2) is 7.22. The van der Waals surface area contributed by atoms with Crippen molar-refractivity contribution in [3.05, 3.63) is 59.2 Å². The summed E-state index contributed by atoms with van der Waals surface area (Å²) in [6.07, 6.45) is 0. The first-order valence-electron chi connectivity index (χ1n) is 7.13. The zero-order chi connectivity index (χ0) is 16.1. The van der Waals surface area contributed by atoms with Gasteiger partial charge >= 0.3 is 0 Å². The van der Waals surface area contributed by atoms with Crippen LogP contribution < -0.4 is 10.1 Å². The Hall–Kier alpha value is -2.14. The van der Waals surface area contributed by atoms with Gasteiger partial charge in [0, 0.05) is 22.9 Å². The number of hydrogen-bond donors (Lipinski definition) is 2. The van der Waals surface area contributed by atoms with E-state index >= 15 is 0 Å². The fourth-order valence-electron chi connectivity index (χ4n) is 2.27. The SMILES string of the molecule is CCOc1ccc(N[C@@H](C)c2ccc(F)cc2F)cc1CO. The molecule has 118 valence electrons. The van der Waals surface area contributed by atoms with Crippen LogP contribution in [0.15, 0.2) is 36.4 Å². The van der Waals surface area contributed by atoms with E-state index in [1.54, 1.807) is 25.1 Å². The number of hydrogen-bond acceptors (Lipinski definition) is 3. The zero-order valence-corrected chi connectivity index (χ0v) is 12.6. The summed E-state index contributed by atoms with van der Waals surface area (Å²) in [5.41, 5.74) is 1.75. The lowest BCUT2D eigenvalue weighted by Crippen LogP contribution is -2.09. The van der Waals surface area contributed by atoms with Crippen LogP contribution >= 0.6 is 0 Å². The maximum atomic E-state index is 13.8. The fraction of sp³-hybridized carbons (Fsp3) is 0.294. The van der Waals surface area contributed by atoms with Gasteiger partial charge in [0.05, 0.1) is 19.3 Å². The molecule has 0 saturated heterocycles. The van der Waals surface area contributed by atoms with E-state index < -0.39 is 11.6 Å². The molecule has 0 saturated carbocycles.